The molecule has 0 saturated heterocycles. The van der Waals surface area contributed by atoms with Crippen molar-refractivity contribution in [3.05, 3.63) is 46.1 Å². The number of phenolic OH excluding ortho intramolecular Hbond substituents is 2. The highest BCUT2D eigenvalue weighted by atomic mass is 35.5. The molecule has 3 aliphatic carbocycles. The Hall–Kier alpha value is -2.07. The van der Waals surface area contributed by atoms with Crippen LogP contribution in [-0.4, -0.2) is 26.7 Å². The summed E-state index contributed by atoms with van der Waals surface area (Å²) in [6.45, 7) is 10.1. The summed E-state index contributed by atoms with van der Waals surface area (Å²) in [6, 6.07) is 2.65. The maximum absolute atomic E-state index is 14.0. The zero-order valence-electron chi connectivity index (χ0n) is 18.2. The summed E-state index contributed by atoms with van der Waals surface area (Å²) in [7, 11) is 0. The molecule has 0 aliphatic heterocycles. The fraction of sp³-hybridized carbons (Fsp3) is 0.520. The Labute approximate surface area is 182 Å². The molecule has 2 saturated carbocycles. The number of carbonyl (C=O) groups is 2. The van der Waals surface area contributed by atoms with E-state index < -0.39 is 21.5 Å². The van der Waals surface area contributed by atoms with Crippen LogP contribution in [0.2, 0.25) is 0 Å². The predicted molar refractivity (Wildman–Crippen MR) is 117 cm³/mol. The zero-order valence-corrected chi connectivity index (χ0v) is 19.0. The molecule has 0 radical (unpaired) electrons. The highest BCUT2D eigenvalue weighted by molar-refractivity contribution is 6.53. The van der Waals surface area contributed by atoms with E-state index in [2.05, 4.69) is 6.08 Å². The maximum Gasteiger partial charge on any atom is 0.195 e. The Morgan fingerprint density at radius 3 is 2.47 bits per heavy atom. The van der Waals surface area contributed by atoms with Gasteiger partial charge in [-0.25, -0.2) is 0 Å². The second-order valence-electron chi connectivity index (χ2n) is 9.95. The number of phenols is 2. The normalized spacial score (nSPS) is 34.1. The number of alkyl halides is 1. The number of allylic oxidation sites excluding steroid dienone is 4. The molecule has 4 rings (SSSR count). The molecule has 0 heterocycles. The van der Waals surface area contributed by atoms with Gasteiger partial charge in [-0.1, -0.05) is 29.7 Å². The van der Waals surface area contributed by atoms with Crippen LogP contribution >= 0.6 is 11.6 Å². The molecular weight excluding hydrogens is 400 g/mol. The molecule has 3 aliphatic rings. The van der Waals surface area contributed by atoms with Gasteiger partial charge in [0.05, 0.1) is 11.0 Å². The number of ketones is 2. The van der Waals surface area contributed by atoms with Gasteiger partial charge in [-0.2, -0.15) is 0 Å². The van der Waals surface area contributed by atoms with Gasteiger partial charge in [0.15, 0.2) is 16.4 Å². The SMILES string of the molecule is CC(C)=CCCC1(C)C2CC(=C(C)C)CC23C(=O)[C@@]1(Cl)C(=O)c1c(O)cc(O)cc13. The molecular formula is C25H29ClO4. The highest BCUT2D eigenvalue weighted by Gasteiger charge is 2.80. The van der Waals surface area contributed by atoms with Crippen molar-refractivity contribution in [2.75, 3.05) is 0 Å². The lowest BCUT2D eigenvalue weighted by Crippen LogP contribution is -2.54. The van der Waals surface area contributed by atoms with Crippen LogP contribution in [0.5, 0.6) is 11.5 Å². The molecule has 4 nitrogen and oxygen atoms in total. The van der Waals surface area contributed by atoms with Crippen molar-refractivity contribution in [2.45, 2.75) is 70.6 Å². The topological polar surface area (TPSA) is 74.6 Å². The number of fused-ring (bicyclic) bond motifs is 2. The van der Waals surface area contributed by atoms with Crippen molar-refractivity contribution in [1.29, 1.82) is 0 Å². The van der Waals surface area contributed by atoms with Crippen LogP contribution in [0.3, 0.4) is 0 Å². The van der Waals surface area contributed by atoms with Crippen LogP contribution in [0.1, 0.15) is 76.2 Å². The molecule has 2 fully saturated rings. The number of Topliss-reactive ketones (excluding diaryl/α,β-unsaturated/α-hetero) is 2. The van der Waals surface area contributed by atoms with Gasteiger partial charge in [0.1, 0.15) is 11.5 Å². The molecule has 0 amide bonds. The van der Waals surface area contributed by atoms with Gasteiger partial charge in [-0.3, -0.25) is 9.59 Å². The number of halogens is 1. The lowest BCUT2D eigenvalue weighted by atomic mass is 9.66. The number of benzene rings is 1. The quantitative estimate of drug-likeness (QED) is 0.373. The third-order valence-corrected chi connectivity index (χ3v) is 8.63. The average molecular weight is 429 g/mol. The van der Waals surface area contributed by atoms with Crippen LogP contribution in [0.4, 0.5) is 0 Å². The maximum atomic E-state index is 14.0. The van der Waals surface area contributed by atoms with Crippen LogP contribution in [0.15, 0.2) is 34.9 Å². The van der Waals surface area contributed by atoms with Gasteiger partial charge in [0.25, 0.3) is 0 Å². The smallest absolute Gasteiger partial charge is 0.195 e. The number of hydrogen-bond acceptors (Lipinski definition) is 4. The molecule has 3 unspecified atom stereocenters. The average Bonchev–Trinajstić information content (AvgIpc) is 3.09. The van der Waals surface area contributed by atoms with Crippen molar-refractivity contribution in [3.8, 4) is 11.5 Å². The van der Waals surface area contributed by atoms with Gasteiger partial charge in [-0.15, -0.1) is 11.6 Å². The minimum absolute atomic E-state index is 0.105. The van der Waals surface area contributed by atoms with Gasteiger partial charge in [0, 0.05) is 11.5 Å². The largest absolute Gasteiger partial charge is 0.508 e. The summed E-state index contributed by atoms with van der Waals surface area (Å²) in [5, 5.41) is 20.8. The monoisotopic (exact) mass is 428 g/mol. The Bertz CT molecular complexity index is 1040. The molecule has 1 spiro atoms. The van der Waals surface area contributed by atoms with Crippen molar-refractivity contribution < 1.29 is 19.8 Å². The third-order valence-electron chi connectivity index (χ3n) is 7.86. The molecule has 1 aromatic carbocycles. The molecule has 160 valence electrons. The van der Waals surface area contributed by atoms with Crippen LogP contribution in [0.25, 0.3) is 0 Å². The lowest BCUT2D eigenvalue weighted by molar-refractivity contribution is -0.124. The molecule has 5 heteroatoms. The molecule has 30 heavy (non-hydrogen) atoms. The van der Waals surface area contributed by atoms with E-state index in [1.54, 1.807) is 0 Å². The fourth-order valence-electron chi connectivity index (χ4n) is 6.30. The number of carbonyl (C=O) groups excluding carboxylic acids is 2. The second kappa shape index (κ2) is 6.46. The first-order valence-electron chi connectivity index (χ1n) is 10.5. The van der Waals surface area contributed by atoms with E-state index in [9.17, 15) is 19.8 Å². The predicted octanol–water partition coefficient (Wildman–Crippen LogP) is 5.59. The third kappa shape index (κ3) is 2.34. The first kappa shape index (κ1) is 21.2. The highest BCUT2D eigenvalue weighted by Crippen LogP contribution is 2.73. The Kier molecular flexibility index (Phi) is 4.56. The van der Waals surface area contributed by atoms with Crippen LogP contribution < -0.4 is 0 Å². The van der Waals surface area contributed by atoms with E-state index >= 15 is 0 Å². The van der Waals surface area contributed by atoms with Gasteiger partial charge >= 0.3 is 0 Å². The van der Waals surface area contributed by atoms with Crippen molar-refractivity contribution in [1.82, 2.24) is 0 Å². The first-order valence-corrected chi connectivity index (χ1v) is 10.9. The second-order valence-corrected chi connectivity index (χ2v) is 10.5. The Balaban J connectivity index is 2.03. The van der Waals surface area contributed by atoms with Gasteiger partial charge < -0.3 is 10.2 Å². The summed E-state index contributed by atoms with van der Waals surface area (Å²) < 4.78 is 0. The zero-order chi connectivity index (χ0) is 22.2. The number of aromatic hydroxyl groups is 2. The summed E-state index contributed by atoms with van der Waals surface area (Å²) in [5.74, 6) is -1.41. The number of rotatable bonds is 3. The lowest BCUT2D eigenvalue weighted by Gasteiger charge is -2.40. The van der Waals surface area contributed by atoms with Gasteiger partial charge in [0.2, 0.25) is 0 Å². The first-order chi connectivity index (χ1) is 13.9. The van der Waals surface area contributed by atoms with Crippen molar-refractivity contribution in [3.63, 3.8) is 0 Å². The van der Waals surface area contributed by atoms with Crippen LogP contribution in [0, 0.1) is 11.3 Å². The minimum Gasteiger partial charge on any atom is -0.508 e. The summed E-state index contributed by atoms with van der Waals surface area (Å²) in [6.07, 6.45) is 4.61. The van der Waals surface area contributed by atoms with E-state index in [0.717, 1.165) is 12.5 Å². The van der Waals surface area contributed by atoms with E-state index in [1.807, 2.05) is 34.6 Å². The summed E-state index contributed by atoms with van der Waals surface area (Å²) in [4.78, 5) is 26.0. The molecule has 4 atom stereocenters. The molecule has 2 bridgehead atoms. The Morgan fingerprint density at radius 2 is 1.87 bits per heavy atom. The van der Waals surface area contributed by atoms with E-state index in [0.29, 0.717) is 24.8 Å². The van der Waals surface area contributed by atoms with Gasteiger partial charge in [-0.05, 0) is 70.9 Å². The minimum atomic E-state index is -1.71. The van der Waals surface area contributed by atoms with Crippen molar-refractivity contribution in [2.24, 2.45) is 11.3 Å². The van der Waals surface area contributed by atoms with Crippen molar-refractivity contribution >= 4 is 23.2 Å². The number of hydrogen-bond donors (Lipinski definition) is 2. The molecule has 0 aromatic heterocycles. The fourth-order valence-corrected chi connectivity index (χ4v) is 6.79. The van der Waals surface area contributed by atoms with E-state index in [4.69, 9.17) is 11.6 Å². The standard InChI is InChI=1S/C25H29ClO4/c1-13(2)7-6-8-23(5)19-9-15(14(3)4)12-24(19)17-10-16(27)11-18(28)20(17)21(29)25(23,26)22(24)30/h7,10-11,19,27-28H,6,8-9,12H2,1-5H3/t19?,23?,24?,25-/m0/s1. The van der Waals surface area contributed by atoms with Crippen LogP contribution in [-0.2, 0) is 10.2 Å². The molecule has 1 aromatic rings. The summed E-state index contributed by atoms with van der Waals surface area (Å²) in [5.41, 5.74) is 2.33. The Morgan fingerprint density at radius 1 is 1.20 bits per heavy atom. The van der Waals surface area contributed by atoms with E-state index in [1.165, 1.54) is 22.8 Å². The molecule has 2 N–H and O–H groups in total. The summed E-state index contributed by atoms with van der Waals surface area (Å²) >= 11 is 7.08. The van der Waals surface area contributed by atoms with E-state index in [-0.39, 0.29) is 28.8 Å².